The molecule has 0 saturated carbocycles. The molecule has 0 amide bonds. The van der Waals surface area contributed by atoms with Crippen molar-refractivity contribution in [3.8, 4) is 0 Å². The van der Waals surface area contributed by atoms with Crippen molar-refractivity contribution in [3.05, 3.63) is 109 Å². The lowest BCUT2D eigenvalue weighted by molar-refractivity contribution is -0.167. The fraction of sp³-hybridized carbons (Fsp3) is 0.611. The zero-order valence-electron chi connectivity index (χ0n) is 38.4. The normalized spacial score (nSPS) is 13.1. The lowest BCUT2D eigenvalue weighted by Crippen LogP contribution is -2.30. The Kier molecular flexibility index (Phi) is 44.6. The highest BCUT2D eigenvalue weighted by Gasteiger charge is 2.19. The summed E-state index contributed by atoms with van der Waals surface area (Å²) in [4.78, 5) is 37.8. The summed E-state index contributed by atoms with van der Waals surface area (Å²) in [6, 6.07) is 0. The Morgan fingerprint density at radius 2 is 0.733 bits per heavy atom. The summed E-state index contributed by atoms with van der Waals surface area (Å²) in [6.07, 6.45) is 63.5. The van der Waals surface area contributed by atoms with Crippen molar-refractivity contribution in [2.45, 2.75) is 200 Å². The van der Waals surface area contributed by atoms with E-state index in [0.717, 1.165) is 103 Å². The van der Waals surface area contributed by atoms with Crippen LogP contribution >= 0.6 is 0 Å². The molecule has 0 rings (SSSR count). The third-order valence-electron chi connectivity index (χ3n) is 9.72. The Morgan fingerprint density at radius 3 is 1.22 bits per heavy atom. The molecule has 0 aromatic heterocycles. The van der Waals surface area contributed by atoms with Crippen molar-refractivity contribution in [2.75, 3.05) is 13.2 Å². The molecule has 0 aliphatic carbocycles. The third kappa shape index (κ3) is 45.2. The second kappa shape index (κ2) is 47.7. The lowest BCUT2D eigenvalue weighted by Gasteiger charge is -2.18. The van der Waals surface area contributed by atoms with Crippen molar-refractivity contribution in [1.29, 1.82) is 0 Å². The van der Waals surface area contributed by atoms with E-state index in [1.165, 1.54) is 51.4 Å². The van der Waals surface area contributed by atoms with E-state index in [-0.39, 0.29) is 31.1 Å². The molecule has 0 bridgehead atoms. The largest absolute Gasteiger partial charge is 0.462 e. The highest BCUT2D eigenvalue weighted by atomic mass is 16.6. The highest BCUT2D eigenvalue weighted by molar-refractivity contribution is 5.71. The van der Waals surface area contributed by atoms with E-state index < -0.39 is 6.10 Å². The van der Waals surface area contributed by atoms with Gasteiger partial charge in [-0.25, -0.2) is 0 Å². The van der Waals surface area contributed by atoms with Gasteiger partial charge < -0.3 is 14.2 Å². The topological polar surface area (TPSA) is 78.9 Å². The van der Waals surface area contributed by atoms with Gasteiger partial charge in [-0.15, -0.1) is 0 Å². The first kappa shape index (κ1) is 56.1. The Morgan fingerprint density at radius 1 is 0.367 bits per heavy atom. The molecule has 0 aromatic carbocycles. The summed E-state index contributed by atoms with van der Waals surface area (Å²) in [5.41, 5.74) is 0. The van der Waals surface area contributed by atoms with Gasteiger partial charge in [-0.2, -0.15) is 0 Å². The molecule has 0 fully saturated rings. The maximum atomic E-state index is 12.7. The molecule has 0 heterocycles. The first-order chi connectivity index (χ1) is 29.5. The molecule has 0 saturated heterocycles. The second-order valence-corrected chi connectivity index (χ2v) is 15.4. The van der Waals surface area contributed by atoms with Crippen LogP contribution in [0.15, 0.2) is 109 Å². The highest BCUT2D eigenvalue weighted by Crippen LogP contribution is 2.14. The zero-order chi connectivity index (χ0) is 43.7. The molecule has 0 radical (unpaired) electrons. The summed E-state index contributed by atoms with van der Waals surface area (Å²) in [5.74, 6) is -0.971. The summed E-state index contributed by atoms with van der Waals surface area (Å²) in [7, 11) is 0. The van der Waals surface area contributed by atoms with Crippen LogP contribution < -0.4 is 0 Å². The number of carbonyl (C=O) groups is 3. The molecule has 0 aliphatic heterocycles. The van der Waals surface area contributed by atoms with Crippen molar-refractivity contribution >= 4 is 17.9 Å². The van der Waals surface area contributed by atoms with Crippen LogP contribution in [0.5, 0.6) is 0 Å². The number of hydrogen-bond acceptors (Lipinski definition) is 6. The summed E-state index contributed by atoms with van der Waals surface area (Å²) < 4.78 is 16.7. The molecule has 0 N–H and O–H groups in total. The van der Waals surface area contributed by atoms with Crippen molar-refractivity contribution in [2.24, 2.45) is 0 Å². The maximum absolute atomic E-state index is 12.7. The molecule has 6 heteroatoms. The molecule has 6 nitrogen and oxygen atoms in total. The van der Waals surface area contributed by atoms with Gasteiger partial charge in [-0.3, -0.25) is 14.4 Å². The first-order valence-corrected chi connectivity index (χ1v) is 24.0. The fourth-order valence-electron chi connectivity index (χ4n) is 6.17. The third-order valence-corrected chi connectivity index (χ3v) is 9.72. The molecular weight excluding hydrogens is 745 g/mol. The van der Waals surface area contributed by atoms with E-state index >= 15 is 0 Å². The Labute approximate surface area is 368 Å². The summed E-state index contributed by atoms with van der Waals surface area (Å²) >= 11 is 0. The van der Waals surface area contributed by atoms with Crippen LogP contribution in [0.25, 0.3) is 0 Å². The molecule has 338 valence electrons. The smallest absolute Gasteiger partial charge is 0.306 e. The molecule has 60 heavy (non-hydrogen) atoms. The van der Waals surface area contributed by atoms with Crippen LogP contribution in [0.4, 0.5) is 0 Å². The van der Waals surface area contributed by atoms with Crippen LogP contribution in [0.1, 0.15) is 194 Å². The lowest BCUT2D eigenvalue weighted by atomic mass is 10.1. The predicted octanol–water partition coefficient (Wildman–Crippen LogP) is 15.6. The second-order valence-electron chi connectivity index (χ2n) is 15.4. The van der Waals surface area contributed by atoms with Crippen LogP contribution in [-0.4, -0.2) is 37.2 Å². The van der Waals surface area contributed by atoms with Gasteiger partial charge in [0.2, 0.25) is 0 Å². The number of carbonyl (C=O) groups excluding carboxylic acids is 3. The minimum atomic E-state index is -0.803. The van der Waals surface area contributed by atoms with Crippen molar-refractivity contribution in [1.82, 2.24) is 0 Å². The van der Waals surface area contributed by atoms with Gasteiger partial charge in [-0.05, 0) is 64.2 Å². The molecule has 0 aliphatic rings. The van der Waals surface area contributed by atoms with Crippen molar-refractivity contribution < 1.29 is 28.6 Å². The molecular formula is C54H86O6. The number of rotatable bonds is 41. The van der Waals surface area contributed by atoms with E-state index in [1.807, 2.05) is 72.9 Å². The van der Waals surface area contributed by atoms with Gasteiger partial charge in [0.25, 0.3) is 0 Å². The van der Waals surface area contributed by atoms with Gasteiger partial charge in [0, 0.05) is 19.3 Å². The van der Waals surface area contributed by atoms with E-state index in [4.69, 9.17) is 14.2 Å². The van der Waals surface area contributed by atoms with Gasteiger partial charge >= 0.3 is 17.9 Å². The molecule has 1 atom stereocenters. The Hall–Kier alpha value is -3.93. The van der Waals surface area contributed by atoms with Crippen LogP contribution in [0, 0.1) is 0 Å². The summed E-state index contributed by atoms with van der Waals surface area (Å²) in [5, 5.41) is 0. The van der Waals surface area contributed by atoms with E-state index in [1.54, 1.807) is 0 Å². The van der Waals surface area contributed by atoms with Crippen molar-refractivity contribution in [3.63, 3.8) is 0 Å². The number of unbranched alkanes of at least 4 members (excludes halogenated alkanes) is 18. The average molecular weight is 831 g/mol. The predicted molar refractivity (Wildman–Crippen MR) is 256 cm³/mol. The van der Waals surface area contributed by atoms with Gasteiger partial charge in [0.05, 0.1) is 0 Å². The van der Waals surface area contributed by atoms with Crippen LogP contribution in [-0.2, 0) is 28.6 Å². The molecule has 1 unspecified atom stereocenters. The van der Waals surface area contributed by atoms with E-state index in [2.05, 4.69) is 57.2 Å². The number of hydrogen-bond donors (Lipinski definition) is 0. The zero-order valence-corrected chi connectivity index (χ0v) is 38.4. The first-order valence-electron chi connectivity index (χ1n) is 24.0. The number of ether oxygens (including phenoxy) is 3. The monoisotopic (exact) mass is 831 g/mol. The minimum Gasteiger partial charge on any atom is -0.462 e. The fourth-order valence-corrected chi connectivity index (χ4v) is 6.17. The quantitative estimate of drug-likeness (QED) is 0.0201. The maximum Gasteiger partial charge on any atom is 0.306 e. The molecule has 0 spiro atoms. The van der Waals surface area contributed by atoms with Crippen LogP contribution in [0.3, 0.4) is 0 Å². The Bertz CT molecular complexity index is 1280. The van der Waals surface area contributed by atoms with Gasteiger partial charge in [-0.1, -0.05) is 220 Å². The SMILES string of the molecule is CC\C=C/C=C\C=C/C=C\C=C\C=C/C=C\CCCCCC(=O)OCC(COC(=O)CCCCCCCCCCCCC)OC(=O)CCCCCCC/C=C\C/C=C\CC. The summed E-state index contributed by atoms with van der Waals surface area (Å²) in [6.45, 7) is 6.30. The van der Waals surface area contributed by atoms with Crippen LogP contribution in [0.2, 0.25) is 0 Å². The number of allylic oxidation sites excluding steroid dienone is 18. The van der Waals surface area contributed by atoms with E-state index in [0.29, 0.717) is 19.3 Å². The van der Waals surface area contributed by atoms with E-state index in [9.17, 15) is 14.4 Å². The minimum absolute atomic E-state index is 0.0997. The average Bonchev–Trinajstić information content (AvgIpc) is 3.24. The number of esters is 3. The Balaban J connectivity index is 4.50. The standard InChI is InChI=1S/C54H86O6/c1-4-7-10-13-16-19-22-24-25-26-27-28-29-30-33-35-38-41-44-47-53(56)59-50-51(49-58-52(55)46-43-40-37-34-31-21-18-15-12-9-6-3)60-54(57)48-45-42-39-36-32-23-20-17-14-11-8-5-2/h7-8,10-11,13,16-17,19-20,22,24-30,33,51H,4-6,9,12,14-15,18,21,23,31-32,34-50H2,1-3H3/b10-7-,11-8-,16-13-,20-17-,22-19-,25-24-,27-26+,29-28-,33-30-. The van der Waals surface area contributed by atoms with Gasteiger partial charge in [0.1, 0.15) is 13.2 Å². The van der Waals surface area contributed by atoms with Gasteiger partial charge in [0.15, 0.2) is 6.10 Å². The molecule has 0 aromatic rings.